The van der Waals surface area contributed by atoms with Crippen LogP contribution in [0.1, 0.15) is 165 Å². The Morgan fingerprint density at radius 2 is 0.727 bits per heavy atom. The summed E-state index contributed by atoms with van der Waals surface area (Å²) in [5.41, 5.74) is 22.9. The molecule has 0 aliphatic heterocycles. The minimum absolute atomic E-state index is 0.0931. The van der Waals surface area contributed by atoms with Gasteiger partial charge in [0.2, 0.25) is 118 Å². The Labute approximate surface area is 867 Å². The van der Waals surface area contributed by atoms with Gasteiger partial charge in [0.25, 0.3) is 0 Å². The van der Waals surface area contributed by atoms with Crippen molar-refractivity contribution in [2.75, 3.05) is 32.0 Å². The van der Waals surface area contributed by atoms with Crippen molar-refractivity contribution < 1.29 is 151 Å². The van der Waals surface area contributed by atoms with Gasteiger partial charge in [-0.25, -0.2) is 4.79 Å². The highest BCUT2D eigenvalue weighted by atomic mass is 32.1. The van der Waals surface area contributed by atoms with Crippen molar-refractivity contribution in [2.24, 2.45) is 52.5 Å². The number of nitrogens with one attached hydrogen (secondary N) is 21. The first-order chi connectivity index (χ1) is 70.3. The summed E-state index contributed by atoms with van der Waals surface area (Å²) in [6.07, 6.45) is -9.39. The van der Waals surface area contributed by atoms with Crippen molar-refractivity contribution in [3.8, 4) is 0 Å². The Morgan fingerprint density at radius 3 is 1.19 bits per heavy atom. The molecule has 150 heavy (non-hydrogen) atoms. The van der Waals surface area contributed by atoms with Gasteiger partial charge in [-0.15, -0.1) is 0 Å². The lowest BCUT2D eigenvalue weighted by molar-refractivity contribution is -0.144. The highest BCUT2D eigenvalue weighted by Gasteiger charge is 2.43. The second-order valence-electron chi connectivity index (χ2n) is 36.8. The molecule has 2 aromatic carbocycles. The minimum Gasteiger partial charge on any atom is -0.481 e. The van der Waals surface area contributed by atoms with Crippen molar-refractivity contribution in [1.29, 1.82) is 5.41 Å². The van der Waals surface area contributed by atoms with E-state index in [0.717, 1.165) is 13.8 Å². The van der Waals surface area contributed by atoms with Gasteiger partial charge in [-0.05, 0) is 86.3 Å². The number of primary amides is 2. The molecule has 1 heterocycles. The number of hydrogen-bond acceptors (Lipinski definition) is 30. The van der Waals surface area contributed by atoms with E-state index < -0.39 is 376 Å². The number of fused-ring (bicyclic) bond motifs is 1. The number of benzene rings is 2. The average molecular weight is 2140 g/mol. The highest BCUT2D eigenvalue weighted by molar-refractivity contribution is 7.80. The fourth-order valence-electron chi connectivity index (χ4n) is 14.6. The minimum atomic E-state index is -2.30. The first kappa shape index (κ1) is 129. The molecule has 0 aliphatic rings. The predicted molar refractivity (Wildman–Crippen MR) is 535 cm³/mol. The molecule has 36 N–H and O–H groups in total. The van der Waals surface area contributed by atoms with Gasteiger partial charge >= 0.3 is 23.9 Å². The molecule has 0 saturated carbocycles. The molecule has 3 rings (SSSR count). The summed E-state index contributed by atoms with van der Waals surface area (Å²) in [5, 5.41) is 123. The standard InChI is InChI=1S/C93H143N25O31S/c1-13-44(9)72(113-65(125)37-101-77(133)56(31-48-21-16-15-17-22-48)109-86(142)70(42(5)6)112-64(124)38-102-85(141)69(41(3)4)115-90(146)75(47(12)121)118-91(147)74(46(11)120)117-76(132)51(94)33-63(96)123)88(144)105-55(27-29-66(126)127)79(135)104-54(26-28-62(95)122)80(136)107-59(35-68(130)131)83(139)106-57(32-49-36-100-52-24-19-18-23-50(49)52)81(137)108-58(34-67(128)129)82(138)103-53(25-20-30-99-93(97)98)78(134)111-61(40-150)84(140)114-71(43(7)8)87(143)116-73(45(10)14-2)89(145)110-60(39-119)92(148)149/h15-19,21-24,36,41-47,51,53-61,69-75,100,119-121,150H,13-14,20,25-35,37-40,94H2,1-12H3,(H2,95,122)(H2,96,123)(H,101,133)(H,102,141)(H,103,138)(H,104,135)(H,105,144)(H,106,139)(H,107,136)(H,108,137)(H,109,142)(H,110,145)(H,111,134)(H,112,124)(H,113,125)(H,114,140)(H,115,146)(H,116,143)(H,117,132)(H,118,147)(H,126,127)(H,128,129)(H,130,131)(H,148,149)(H4,97,98,99)/t44-,45-,46+,47+,51-,53-,54-,55-,56-,57-,58-,59-,60-,61-,69-,70-,71-,72-,73-,74-,75-/m0/s1. The van der Waals surface area contributed by atoms with Crippen LogP contribution in [0.25, 0.3) is 10.9 Å². The maximum atomic E-state index is 15.0. The Morgan fingerprint density at radius 1 is 0.367 bits per heavy atom. The first-order valence-corrected chi connectivity index (χ1v) is 48.8. The molecule has 0 radical (unpaired) electrons. The van der Waals surface area contributed by atoms with Crippen LogP contribution < -0.4 is 124 Å². The third-order valence-electron chi connectivity index (χ3n) is 23.6. The van der Waals surface area contributed by atoms with Crippen LogP contribution in [-0.4, -0.2) is 336 Å². The molecular weight excluding hydrogens is 2000 g/mol. The summed E-state index contributed by atoms with van der Waals surface area (Å²) >= 11 is 4.24. The normalized spacial score (nSPS) is 15.4. The Kier molecular flexibility index (Phi) is 55.1. The molecule has 0 fully saturated rings. The number of aliphatic hydroxyl groups is 3. The van der Waals surface area contributed by atoms with Crippen LogP contribution in [0.3, 0.4) is 0 Å². The number of aromatic nitrogens is 1. The number of carbonyl (C=O) groups is 24. The zero-order chi connectivity index (χ0) is 114. The molecule has 0 bridgehead atoms. The summed E-state index contributed by atoms with van der Waals surface area (Å²) < 4.78 is 0. The molecule has 1 aromatic heterocycles. The topological polar surface area (TPSA) is 924 Å². The zero-order valence-corrected chi connectivity index (χ0v) is 85.9. The van der Waals surface area contributed by atoms with Gasteiger partial charge in [-0.3, -0.25) is 116 Å². The average Bonchev–Trinajstić information content (AvgIpc) is 1.67. The molecule has 57 heteroatoms. The van der Waals surface area contributed by atoms with Gasteiger partial charge in [-0.2, -0.15) is 12.6 Å². The predicted octanol–water partition coefficient (Wildman–Crippen LogP) is -9.68. The summed E-state index contributed by atoms with van der Waals surface area (Å²) in [5.74, 6) is -34.4. The zero-order valence-electron chi connectivity index (χ0n) is 85.0. The fourth-order valence-corrected chi connectivity index (χ4v) is 14.9. The number of amides is 20. The van der Waals surface area contributed by atoms with Crippen LogP contribution in [0.15, 0.2) is 60.8 Å². The van der Waals surface area contributed by atoms with Crippen molar-refractivity contribution in [3.63, 3.8) is 0 Å². The van der Waals surface area contributed by atoms with E-state index in [1.54, 1.807) is 75.4 Å². The smallest absolute Gasteiger partial charge is 0.328 e. The molecule has 832 valence electrons. The largest absolute Gasteiger partial charge is 0.481 e. The lowest BCUT2D eigenvalue weighted by Gasteiger charge is -2.30. The van der Waals surface area contributed by atoms with E-state index in [1.807, 2.05) is 0 Å². The third kappa shape index (κ3) is 44.4. The van der Waals surface area contributed by atoms with Gasteiger partial charge in [0.1, 0.15) is 96.7 Å². The molecular formula is C93H143N25O31S. The Bertz CT molecular complexity index is 5240. The van der Waals surface area contributed by atoms with E-state index >= 15 is 0 Å². The van der Waals surface area contributed by atoms with Gasteiger partial charge in [0.05, 0.1) is 57.2 Å². The van der Waals surface area contributed by atoms with Crippen molar-refractivity contribution in [1.82, 2.24) is 106 Å². The molecule has 0 spiro atoms. The van der Waals surface area contributed by atoms with Crippen LogP contribution in [0, 0.1) is 35.0 Å². The van der Waals surface area contributed by atoms with Crippen LogP contribution >= 0.6 is 12.6 Å². The van der Waals surface area contributed by atoms with Gasteiger partial charge < -0.3 is 165 Å². The molecule has 0 unspecified atom stereocenters. The highest BCUT2D eigenvalue weighted by Crippen LogP contribution is 2.22. The van der Waals surface area contributed by atoms with E-state index in [9.17, 15) is 151 Å². The second-order valence-corrected chi connectivity index (χ2v) is 37.2. The van der Waals surface area contributed by atoms with Gasteiger partial charge in [-0.1, -0.05) is 131 Å². The van der Waals surface area contributed by atoms with Gasteiger partial charge in [0.15, 0.2) is 5.96 Å². The lowest BCUT2D eigenvalue weighted by atomic mass is 9.96. The number of H-pyrrole nitrogens is 1. The molecule has 20 amide bonds. The number of guanidine groups is 1. The van der Waals surface area contributed by atoms with Crippen LogP contribution in [-0.2, 0) is 128 Å². The molecule has 56 nitrogen and oxygen atoms in total. The van der Waals surface area contributed by atoms with Crippen molar-refractivity contribution >= 4 is 172 Å². The number of nitrogens with two attached hydrogens (primary N) is 4. The molecule has 3 aromatic rings. The monoisotopic (exact) mass is 2140 g/mol. The second kappa shape index (κ2) is 64.1. The van der Waals surface area contributed by atoms with Crippen LogP contribution in [0.4, 0.5) is 0 Å². The Balaban J connectivity index is 1.97. The van der Waals surface area contributed by atoms with E-state index in [1.165, 1.54) is 54.7 Å². The number of aromatic amines is 1. The number of para-hydroxylation sites is 1. The third-order valence-corrected chi connectivity index (χ3v) is 24.0. The van der Waals surface area contributed by atoms with E-state index in [-0.39, 0.29) is 37.8 Å². The summed E-state index contributed by atoms with van der Waals surface area (Å²) in [7, 11) is 0. The maximum Gasteiger partial charge on any atom is 0.328 e. The number of carboxylic acid groups (broad SMARTS) is 4. The van der Waals surface area contributed by atoms with E-state index in [4.69, 9.17) is 28.3 Å². The Hall–Kier alpha value is -15.3. The number of carboxylic acids is 4. The maximum absolute atomic E-state index is 15.0. The number of aliphatic carboxylic acids is 4. The van der Waals surface area contributed by atoms with E-state index in [0.29, 0.717) is 16.5 Å². The fraction of sp³-hybridized carbons (Fsp3) is 0.581. The van der Waals surface area contributed by atoms with E-state index in [2.05, 4.69) is 119 Å². The number of hydrogen-bond donors (Lipinski definition) is 33. The molecule has 21 atom stereocenters. The summed E-state index contributed by atoms with van der Waals surface area (Å²) in [4.78, 5) is 330. The molecule has 0 saturated heterocycles. The quantitative estimate of drug-likeness (QED) is 0.0108. The number of carbonyl (C=O) groups excluding carboxylic acids is 20. The lowest BCUT2D eigenvalue weighted by Crippen LogP contribution is -2.63. The first-order valence-electron chi connectivity index (χ1n) is 48.1. The summed E-state index contributed by atoms with van der Waals surface area (Å²) in [6, 6.07) is -15.5. The van der Waals surface area contributed by atoms with Crippen molar-refractivity contribution in [3.05, 3.63) is 71.9 Å². The van der Waals surface area contributed by atoms with Crippen LogP contribution in [0.2, 0.25) is 0 Å². The number of thiol groups is 1. The summed E-state index contributed by atoms with van der Waals surface area (Å²) in [6.45, 7) is 14.6. The number of aliphatic hydroxyl groups excluding tert-OH is 3. The molecule has 0 aliphatic carbocycles. The van der Waals surface area contributed by atoms with Crippen molar-refractivity contribution in [2.45, 2.75) is 281 Å². The van der Waals surface area contributed by atoms with Gasteiger partial charge in [0, 0.05) is 55.1 Å². The number of rotatable bonds is 68. The SMILES string of the molecule is CC[C@H](C)[C@H](NC(=O)CNC(=O)[C@H](Cc1ccccc1)NC(=O)[C@@H](NC(=O)CNC(=O)[C@@H](NC(=O)[C@@H](NC(=O)[C@@H](NC(=O)[C@@H](N)CC(N)=O)[C@@H](C)O)[C@@H](C)O)C(C)C)C(C)C)C(=O)N[C@@H](CCC(=O)O)C(=O)N[C@@H](CCC(N)=O)C(=O)N[C@@H](CC(=O)O)C(=O)N[C@@H](Cc1c[nH]c2ccccc12)C(=O)N[C@@H](CC(=O)O)C(=O)N[C@@H](CCCNC(=N)N)C(=O)N[C@@H](CS)C(=O)N[C@H](C(=O)N[C@H](C(=O)N[C@@H](CO)C(=O)O)[C@@H](C)CC)C(C)C. The van der Waals surface area contributed by atoms with Crippen LogP contribution in [0.5, 0.6) is 0 Å².